The van der Waals surface area contributed by atoms with Crippen LogP contribution in [0.4, 0.5) is 15.8 Å². The smallest absolute Gasteiger partial charge is 0.270 e. The molecule has 0 saturated heterocycles. The molecule has 7 heteroatoms. The minimum Gasteiger partial charge on any atom is -0.319 e. The average molecular weight is 353 g/mol. The summed E-state index contributed by atoms with van der Waals surface area (Å²) in [6, 6.07) is 8.11. The van der Waals surface area contributed by atoms with Crippen LogP contribution in [0.2, 0.25) is 0 Å². The lowest BCUT2D eigenvalue weighted by atomic mass is 10.1. The number of nitro benzene ring substituents is 1. The highest BCUT2D eigenvalue weighted by Crippen LogP contribution is 2.24. The molecule has 2 aromatic rings. The van der Waals surface area contributed by atoms with Crippen LogP contribution in [0.3, 0.4) is 0 Å². The SMILES string of the molecule is Cc1ccc(F)c(NC(=O)c2cc([N+](=O)[O-])ccc2Br)c1. The first-order valence-corrected chi connectivity index (χ1v) is 6.69. The van der Waals surface area contributed by atoms with Crippen molar-refractivity contribution < 1.29 is 14.1 Å². The van der Waals surface area contributed by atoms with Gasteiger partial charge in [-0.15, -0.1) is 0 Å². The van der Waals surface area contributed by atoms with E-state index in [1.807, 2.05) is 0 Å². The molecule has 21 heavy (non-hydrogen) atoms. The molecule has 0 unspecified atom stereocenters. The predicted octanol–water partition coefficient (Wildman–Crippen LogP) is 4.06. The molecule has 0 heterocycles. The van der Waals surface area contributed by atoms with Gasteiger partial charge in [0.1, 0.15) is 5.82 Å². The van der Waals surface area contributed by atoms with E-state index in [9.17, 15) is 19.3 Å². The van der Waals surface area contributed by atoms with E-state index in [-0.39, 0.29) is 16.9 Å². The summed E-state index contributed by atoms with van der Waals surface area (Å²) >= 11 is 3.15. The van der Waals surface area contributed by atoms with Gasteiger partial charge in [0, 0.05) is 16.6 Å². The molecule has 0 aliphatic carbocycles. The minimum absolute atomic E-state index is 0.0263. The Morgan fingerprint density at radius 2 is 2.00 bits per heavy atom. The molecule has 0 aliphatic rings. The lowest BCUT2D eigenvalue weighted by molar-refractivity contribution is -0.384. The number of nitrogens with one attached hydrogen (secondary N) is 1. The maximum absolute atomic E-state index is 13.6. The summed E-state index contributed by atoms with van der Waals surface area (Å²) in [6.07, 6.45) is 0. The van der Waals surface area contributed by atoms with Crippen molar-refractivity contribution in [2.45, 2.75) is 6.92 Å². The van der Waals surface area contributed by atoms with Crippen molar-refractivity contribution >= 4 is 33.2 Å². The van der Waals surface area contributed by atoms with Crippen molar-refractivity contribution in [2.75, 3.05) is 5.32 Å². The zero-order chi connectivity index (χ0) is 15.6. The van der Waals surface area contributed by atoms with Gasteiger partial charge in [0.25, 0.3) is 11.6 Å². The average Bonchev–Trinajstić information content (AvgIpc) is 2.43. The maximum atomic E-state index is 13.6. The normalized spacial score (nSPS) is 10.2. The highest BCUT2D eigenvalue weighted by atomic mass is 79.9. The summed E-state index contributed by atoms with van der Waals surface area (Å²) in [4.78, 5) is 22.3. The van der Waals surface area contributed by atoms with Crippen LogP contribution < -0.4 is 5.32 Å². The second-order valence-electron chi connectivity index (χ2n) is 4.36. The quantitative estimate of drug-likeness (QED) is 0.668. The Labute approximate surface area is 128 Å². The van der Waals surface area contributed by atoms with Gasteiger partial charge in [0.15, 0.2) is 0 Å². The molecule has 0 radical (unpaired) electrons. The van der Waals surface area contributed by atoms with Crippen LogP contribution in [0.15, 0.2) is 40.9 Å². The highest BCUT2D eigenvalue weighted by molar-refractivity contribution is 9.10. The van der Waals surface area contributed by atoms with Crippen molar-refractivity contribution in [3.05, 3.63) is 67.9 Å². The number of hydrogen-bond acceptors (Lipinski definition) is 3. The summed E-state index contributed by atoms with van der Waals surface area (Å²) in [6.45, 7) is 1.76. The highest BCUT2D eigenvalue weighted by Gasteiger charge is 2.16. The monoisotopic (exact) mass is 352 g/mol. The van der Waals surface area contributed by atoms with Crippen LogP contribution in [0.5, 0.6) is 0 Å². The molecule has 0 aliphatic heterocycles. The third kappa shape index (κ3) is 3.43. The van der Waals surface area contributed by atoms with Crippen molar-refractivity contribution in [2.24, 2.45) is 0 Å². The Hall–Kier alpha value is -2.28. The molecule has 5 nitrogen and oxygen atoms in total. The maximum Gasteiger partial charge on any atom is 0.270 e. The van der Waals surface area contributed by atoms with E-state index >= 15 is 0 Å². The molecule has 0 bridgehead atoms. The van der Waals surface area contributed by atoms with E-state index in [4.69, 9.17) is 0 Å². The van der Waals surface area contributed by atoms with E-state index in [1.54, 1.807) is 13.0 Å². The van der Waals surface area contributed by atoms with E-state index in [0.29, 0.717) is 4.47 Å². The van der Waals surface area contributed by atoms with Crippen molar-refractivity contribution in [1.82, 2.24) is 0 Å². The van der Waals surface area contributed by atoms with Crippen LogP contribution in [-0.4, -0.2) is 10.8 Å². The second-order valence-corrected chi connectivity index (χ2v) is 5.21. The molecule has 0 fully saturated rings. The first-order valence-electron chi connectivity index (χ1n) is 5.90. The fourth-order valence-corrected chi connectivity index (χ4v) is 2.15. The largest absolute Gasteiger partial charge is 0.319 e. The number of anilines is 1. The Morgan fingerprint density at radius 1 is 1.29 bits per heavy atom. The molecule has 1 amide bonds. The van der Waals surface area contributed by atoms with Gasteiger partial charge < -0.3 is 5.32 Å². The summed E-state index contributed by atoms with van der Waals surface area (Å²) in [5.41, 5.74) is 0.654. The predicted molar refractivity (Wildman–Crippen MR) is 79.9 cm³/mol. The standard InChI is InChI=1S/C14H10BrFN2O3/c1-8-2-5-12(16)13(6-8)17-14(19)10-7-9(18(20)21)3-4-11(10)15/h2-7H,1H3,(H,17,19). The van der Waals surface area contributed by atoms with Gasteiger partial charge in [-0.05, 0) is 46.6 Å². The number of rotatable bonds is 3. The summed E-state index contributed by atoms with van der Waals surface area (Å²) in [7, 11) is 0. The van der Waals surface area contributed by atoms with Gasteiger partial charge in [-0.1, -0.05) is 6.07 Å². The van der Waals surface area contributed by atoms with Crippen LogP contribution in [0.1, 0.15) is 15.9 Å². The molecule has 0 spiro atoms. The van der Waals surface area contributed by atoms with Crippen LogP contribution in [0.25, 0.3) is 0 Å². The number of nitrogens with zero attached hydrogens (tertiary/aromatic N) is 1. The molecule has 0 saturated carbocycles. The van der Waals surface area contributed by atoms with E-state index < -0.39 is 16.6 Å². The van der Waals surface area contributed by atoms with Crippen LogP contribution >= 0.6 is 15.9 Å². The third-order valence-electron chi connectivity index (χ3n) is 2.78. The first-order chi connectivity index (χ1) is 9.88. The first kappa shape index (κ1) is 15.1. The number of benzene rings is 2. The number of amides is 1. The Morgan fingerprint density at radius 3 is 2.67 bits per heavy atom. The molecular formula is C14H10BrFN2O3. The van der Waals surface area contributed by atoms with Gasteiger partial charge in [0.05, 0.1) is 16.2 Å². The topological polar surface area (TPSA) is 72.2 Å². The van der Waals surface area contributed by atoms with Crippen molar-refractivity contribution in [3.63, 3.8) is 0 Å². The zero-order valence-electron chi connectivity index (χ0n) is 10.9. The number of nitro groups is 1. The number of halogens is 2. The second kappa shape index (κ2) is 6.01. The number of aryl methyl sites for hydroxylation is 1. The Kier molecular flexibility index (Phi) is 4.32. The number of carbonyl (C=O) groups is 1. The lowest BCUT2D eigenvalue weighted by Crippen LogP contribution is -2.14. The van der Waals surface area contributed by atoms with Gasteiger partial charge >= 0.3 is 0 Å². The molecule has 2 rings (SSSR count). The van der Waals surface area contributed by atoms with E-state index in [1.165, 1.54) is 24.3 Å². The van der Waals surface area contributed by atoms with Gasteiger partial charge in [-0.25, -0.2) is 4.39 Å². The van der Waals surface area contributed by atoms with Crippen LogP contribution in [-0.2, 0) is 0 Å². The molecule has 0 atom stereocenters. The summed E-state index contributed by atoms with van der Waals surface area (Å²) < 4.78 is 14.0. The van der Waals surface area contributed by atoms with Crippen molar-refractivity contribution in [3.8, 4) is 0 Å². The zero-order valence-corrected chi connectivity index (χ0v) is 12.5. The number of carbonyl (C=O) groups excluding carboxylic acids is 1. The molecular weight excluding hydrogens is 343 g/mol. The minimum atomic E-state index is -0.630. The Balaban J connectivity index is 2.34. The fourth-order valence-electron chi connectivity index (χ4n) is 1.73. The lowest BCUT2D eigenvalue weighted by Gasteiger charge is -2.08. The number of non-ortho nitro benzene ring substituents is 1. The van der Waals surface area contributed by atoms with E-state index in [2.05, 4.69) is 21.2 Å². The third-order valence-corrected chi connectivity index (χ3v) is 3.47. The van der Waals surface area contributed by atoms with Gasteiger partial charge in [-0.2, -0.15) is 0 Å². The van der Waals surface area contributed by atoms with Gasteiger partial charge in [0.2, 0.25) is 0 Å². The molecule has 1 N–H and O–H groups in total. The molecule has 2 aromatic carbocycles. The van der Waals surface area contributed by atoms with E-state index in [0.717, 1.165) is 11.6 Å². The summed E-state index contributed by atoms with van der Waals surface area (Å²) in [5, 5.41) is 13.2. The molecule has 108 valence electrons. The summed E-state index contributed by atoms with van der Waals surface area (Å²) in [5.74, 6) is -1.20. The van der Waals surface area contributed by atoms with Crippen LogP contribution in [0, 0.1) is 22.9 Å². The Bertz CT molecular complexity index is 734. The fraction of sp³-hybridized carbons (Fsp3) is 0.0714. The molecule has 0 aromatic heterocycles. The van der Waals surface area contributed by atoms with Gasteiger partial charge in [-0.3, -0.25) is 14.9 Å². The van der Waals surface area contributed by atoms with Crippen molar-refractivity contribution in [1.29, 1.82) is 0 Å². The number of hydrogen-bond donors (Lipinski definition) is 1.